The second-order valence-electron chi connectivity index (χ2n) is 7.59. The number of thiophene rings is 1. The summed E-state index contributed by atoms with van der Waals surface area (Å²) in [5.41, 5.74) is 1.90. The minimum Gasteiger partial charge on any atom is -0.496 e. The van der Waals surface area contributed by atoms with Gasteiger partial charge in [0.15, 0.2) is 6.61 Å². The highest BCUT2D eigenvalue weighted by molar-refractivity contribution is 7.18. The van der Waals surface area contributed by atoms with Crippen LogP contribution in [0.3, 0.4) is 0 Å². The van der Waals surface area contributed by atoms with Crippen molar-refractivity contribution in [2.24, 2.45) is 0 Å². The summed E-state index contributed by atoms with van der Waals surface area (Å²) in [6, 6.07) is 16.1. The minimum atomic E-state index is -0.973. The Morgan fingerprint density at radius 1 is 1.15 bits per heavy atom. The van der Waals surface area contributed by atoms with Crippen LogP contribution in [0.2, 0.25) is 0 Å². The third kappa shape index (κ3) is 5.53. The van der Waals surface area contributed by atoms with Gasteiger partial charge >= 0.3 is 5.97 Å². The molecule has 172 valence electrons. The molecule has 0 amide bonds. The maximum Gasteiger partial charge on any atom is 0.348 e. The number of para-hydroxylation sites is 1. The summed E-state index contributed by atoms with van der Waals surface area (Å²) in [5, 5.41) is 12.8. The second-order valence-corrected chi connectivity index (χ2v) is 8.65. The van der Waals surface area contributed by atoms with Gasteiger partial charge in [-0.1, -0.05) is 12.1 Å². The van der Waals surface area contributed by atoms with Crippen LogP contribution in [-0.2, 0) is 4.74 Å². The zero-order chi connectivity index (χ0) is 23.2. The van der Waals surface area contributed by atoms with E-state index in [4.69, 9.17) is 14.2 Å². The number of Topliss-reactive ketones (excluding diaryl/α,β-unsaturated/α-hetero) is 1. The van der Waals surface area contributed by atoms with E-state index < -0.39 is 5.97 Å². The summed E-state index contributed by atoms with van der Waals surface area (Å²) < 4.78 is 16.6. The van der Waals surface area contributed by atoms with Gasteiger partial charge in [0.2, 0.25) is 5.78 Å². The van der Waals surface area contributed by atoms with Crippen LogP contribution in [0.25, 0.3) is 10.4 Å². The predicted molar refractivity (Wildman–Crippen MR) is 127 cm³/mol. The van der Waals surface area contributed by atoms with E-state index >= 15 is 0 Å². The summed E-state index contributed by atoms with van der Waals surface area (Å²) in [5.74, 6) is -0.0942. The van der Waals surface area contributed by atoms with Crippen LogP contribution < -0.4 is 14.8 Å². The van der Waals surface area contributed by atoms with Gasteiger partial charge in [-0.3, -0.25) is 4.79 Å². The largest absolute Gasteiger partial charge is 0.496 e. The summed E-state index contributed by atoms with van der Waals surface area (Å²) in [6.07, 6.45) is 2.76. The van der Waals surface area contributed by atoms with E-state index in [9.17, 15) is 14.7 Å². The predicted octanol–water partition coefficient (Wildman–Crippen LogP) is 5.32. The van der Waals surface area contributed by atoms with E-state index in [-0.39, 0.29) is 23.5 Å². The van der Waals surface area contributed by atoms with Gasteiger partial charge in [-0.05, 0) is 67.3 Å². The van der Waals surface area contributed by atoms with Gasteiger partial charge in [0.25, 0.3) is 0 Å². The Balaban J connectivity index is 1.43. The van der Waals surface area contributed by atoms with Crippen molar-refractivity contribution >= 4 is 28.8 Å². The van der Waals surface area contributed by atoms with Crippen molar-refractivity contribution in [1.29, 1.82) is 0 Å². The maximum atomic E-state index is 12.5. The van der Waals surface area contributed by atoms with E-state index in [2.05, 4.69) is 5.32 Å². The van der Waals surface area contributed by atoms with Crippen LogP contribution >= 0.6 is 11.3 Å². The molecular weight excluding hydrogens is 442 g/mol. The molecule has 2 N–H and O–H groups in total. The standard InChI is InChI=1S/C25H25NO6S/c1-30-21-7-3-2-6-18(21)20(27)15-32-17-11-9-16(10-12-17)22-14-19(24(33-22)25(28)29)26-23-8-4-5-13-31-23/h2-3,6-7,9-12,14,23,26H,4-5,8,13,15H2,1H3,(H,28,29). The molecule has 1 aliphatic heterocycles. The number of carboxylic acid groups (broad SMARTS) is 1. The zero-order valence-electron chi connectivity index (χ0n) is 18.2. The molecule has 1 aliphatic rings. The van der Waals surface area contributed by atoms with Gasteiger partial charge in [0.05, 0.1) is 18.4 Å². The fourth-order valence-corrected chi connectivity index (χ4v) is 4.61. The summed E-state index contributed by atoms with van der Waals surface area (Å²) in [7, 11) is 1.52. The lowest BCUT2D eigenvalue weighted by atomic mass is 10.1. The number of methoxy groups -OCH3 is 1. The quantitative estimate of drug-likeness (QED) is 0.411. The van der Waals surface area contributed by atoms with Crippen LogP contribution in [0.15, 0.2) is 54.6 Å². The second kappa shape index (κ2) is 10.5. The summed E-state index contributed by atoms with van der Waals surface area (Å²) >= 11 is 1.21. The van der Waals surface area contributed by atoms with Crippen molar-refractivity contribution in [2.45, 2.75) is 25.5 Å². The molecule has 8 heteroatoms. The molecule has 0 spiro atoms. The number of aromatic carboxylic acids is 1. The Morgan fingerprint density at radius 3 is 2.64 bits per heavy atom. The molecule has 33 heavy (non-hydrogen) atoms. The topological polar surface area (TPSA) is 94.1 Å². The van der Waals surface area contributed by atoms with Crippen molar-refractivity contribution < 1.29 is 28.9 Å². The van der Waals surface area contributed by atoms with Crippen molar-refractivity contribution in [3.63, 3.8) is 0 Å². The lowest BCUT2D eigenvalue weighted by Gasteiger charge is -2.24. The Kier molecular flexibility index (Phi) is 7.26. The molecule has 1 unspecified atom stereocenters. The van der Waals surface area contributed by atoms with Crippen LogP contribution in [0.5, 0.6) is 11.5 Å². The van der Waals surface area contributed by atoms with Crippen LogP contribution in [0.1, 0.15) is 39.3 Å². The minimum absolute atomic E-state index is 0.114. The van der Waals surface area contributed by atoms with Gasteiger partial charge in [0.1, 0.15) is 22.6 Å². The normalized spacial score (nSPS) is 15.6. The number of hydrogen-bond donors (Lipinski definition) is 2. The highest BCUT2D eigenvalue weighted by atomic mass is 32.1. The molecule has 2 heterocycles. The van der Waals surface area contributed by atoms with Gasteiger partial charge in [-0.2, -0.15) is 0 Å². The molecule has 0 aliphatic carbocycles. The lowest BCUT2D eigenvalue weighted by molar-refractivity contribution is 0.0343. The van der Waals surface area contributed by atoms with Crippen molar-refractivity contribution in [3.05, 3.63) is 65.0 Å². The molecule has 1 atom stereocenters. The number of ketones is 1. The molecule has 4 rings (SSSR count). The smallest absolute Gasteiger partial charge is 0.348 e. The Bertz CT molecular complexity index is 1120. The first-order valence-corrected chi connectivity index (χ1v) is 11.5. The molecule has 0 radical (unpaired) electrons. The molecule has 1 fully saturated rings. The fourth-order valence-electron chi connectivity index (χ4n) is 3.64. The van der Waals surface area contributed by atoms with E-state index in [0.717, 1.165) is 29.7 Å². The summed E-state index contributed by atoms with van der Waals surface area (Å²) in [6.45, 7) is 0.565. The first-order valence-electron chi connectivity index (χ1n) is 10.7. The fraction of sp³-hybridized carbons (Fsp3) is 0.280. The van der Waals surface area contributed by atoms with E-state index in [1.807, 2.05) is 18.2 Å². The van der Waals surface area contributed by atoms with E-state index in [0.29, 0.717) is 29.4 Å². The number of benzene rings is 2. The van der Waals surface area contributed by atoms with E-state index in [1.54, 1.807) is 36.4 Å². The van der Waals surface area contributed by atoms with Gasteiger partial charge in [-0.25, -0.2) is 4.79 Å². The third-order valence-corrected chi connectivity index (χ3v) is 6.51. The maximum absolute atomic E-state index is 12.5. The SMILES string of the molecule is COc1ccccc1C(=O)COc1ccc(-c2cc(NC3CCCCO3)c(C(=O)O)s2)cc1. The Labute approximate surface area is 195 Å². The average Bonchev–Trinajstić information content (AvgIpc) is 3.27. The number of carboxylic acids is 1. The first kappa shape index (κ1) is 22.8. The van der Waals surface area contributed by atoms with Crippen LogP contribution in [0, 0.1) is 0 Å². The van der Waals surface area contributed by atoms with Crippen molar-refractivity contribution in [2.75, 3.05) is 25.6 Å². The zero-order valence-corrected chi connectivity index (χ0v) is 19.0. The van der Waals surface area contributed by atoms with Crippen molar-refractivity contribution in [3.8, 4) is 21.9 Å². The monoisotopic (exact) mass is 467 g/mol. The number of nitrogens with one attached hydrogen (secondary N) is 1. The van der Waals surface area contributed by atoms with Crippen molar-refractivity contribution in [1.82, 2.24) is 0 Å². The molecule has 2 aromatic carbocycles. The van der Waals surface area contributed by atoms with Gasteiger partial charge < -0.3 is 24.6 Å². The number of carbonyl (C=O) groups excluding carboxylic acids is 1. The number of anilines is 1. The third-order valence-electron chi connectivity index (χ3n) is 5.34. The summed E-state index contributed by atoms with van der Waals surface area (Å²) in [4.78, 5) is 25.3. The number of hydrogen-bond acceptors (Lipinski definition) is 7. The molecule has 1 aromatic heterocycles. The molecule has 7 nitrogen and oxygen atoms in total. The Morgan fingerprint density at radius 2 is 1.94 bits per heavy atom. The van der Waals surface area contributed by atoms with Gasteiger partial charge in [0, 0.05) is 11.5 Å². The first-order chi connectivity index (χ1) is 16.0. The van der Waals surface area contributed by atoms with Crippen LogP contribution in [0.4, 0.5) is 5.69 Å². The van der Waals surface area contributed by atoms with E-state index in [1.165, 1.54) is 18.4 Å². The highest BCUT2D eigenvalue weighted by Crippen LogP contribution is 2.36. The molecule has 0 bridgehead atoms. The molecule has 3 aromatic rings. The molecule has 0 saturated carbocycles. The molecule has 1 saturated heterocycles. The number of carbonyl (C=O) groups is 2. The highest BCUT2D eigenvalue weighted by Gasteiger charge is 2.21. The van der Waals surface area contributed by atoms with Crippen LogP contribution in [-0.4, -0.2) is 43.4 Å². The Hall–Kier alpha value is -3.36. The average molecular weight is 468 g/mol. The van der Waals surface area contributed by atoms with Gasteiger partial charge in [-0.15, -0.1) is 11.3 Å². The lowest BCUT2D eigenvalue weighted by Crippen LogP contribution is -2.27. The molecular formula is C25H25NO6S. The number of rotatable bonds is 9. The number of ether oxygens (including phenoxy) is 3.